The van der Waals surface area contributed by atoms with Crippen molar-refractivity contribution in [3.8, 4) is 0 Å². The molecular weight excluding hydrogens is 288 g/mol. The minimum Gasteiger partial charge on any atom is -0.384 e. The van der Waals surface area contributed by atoms with Gasteiger partial charge in [0.05, 0.1) is 12.0 Å². The van der Waals surface area contributed by atoms with Crippen LogP contribution in [0, 0.1) is 6.92 Å². The van der Waals surface area contributed by atoms with Crippen molar-refractivity contribution >= 4 is 11.7 Å². The Labute approximate surface area is 136 Å². The average molecular weight is 310 g/mol. The first kappa shape index (κ1) is 15.5. The van der Waals surface area contributed by atoms with Crippen LogP contribution in [0.2, 0.25) is 0 Å². The van der Waals surface area contributed by atoms with Crippen LogP contribution in [0.4, 0.5) is 5.82 Å². The Morgan fingerprint density at radius 3 is 2.74 bits per heavy atom. The Morgan fingerprint density at radius 2 is 2.04 bits per heavy atom. The highest BCUT2D eigenvalue weighted by atomic mass is 16.2. The molecule has 5 nitrogen and oxygen atoms in total. The molecule has 2 heterocycles. The third-order valence-electron chi connectivity index (χ3n) is 4.50. The molecule has 0 radical (unpaired) electrons. The number of aryl methyl sites for hydroxylation is 1. The minimum absolute atomic E-state index is 0.111. The Morgan fingerprint density at radius 1 is 1.30 bits per heavy atom. The van der Waals surface area contributed by atoms with Crippen molar-refractivity contribution in [3.05, 3.63) is 53.5 Å². The lowest BCUT2D eigenvalue weighted by Crippen LogP contribution is -2.44. The summed E-state index contributed by atoms with van der Waals surface area (Å²) in [4.78, 5) is 23.7. The fourth-order valence-electron chi connectivity index (χ4n) is 3.30. The quantitative estimate of drug-likeness (QED) is 0.945. The van der Waals surface area contributed by atoms with E-state index in [1.165, 1.54) is 0 Å². The van der Waals surface area contributed by atoms with Crippen molar-refractivity contribution in [2.45, 2.75) is 38.6 Å². The van der Waals surface area contributed by atoms with Crippen LogP contribution in [0.5, 0.6) is 0 Å². The Hall–Kier alpha value is -2.43. The molecule has 1 aliphatic heterocycles. The van der Waals surface area contributed by atoms with E-state index in [2.05, 4.69) is 9.97 Å². The SMILES string of the molecule is Cc1cc(N)nc([C@]2(C)CCCN2C(=O)Cc2ccccc2)n1. The highest BCUT2D eigenvalue weighted by molar-refractivity contribution is 5.80. The summed E-state index contributed by atoms with van der Waals surface area (Å²) in [5, 5.41) is 0. The van der Waals surface area contributed by atoms with E-state index in [1.54, 1.807) is 6.07 Å². The summed E-state index contributed by atoms with van der Waals surface area (Å²) in [7, 11) is 0. The fraction of sp³-hybridized carbons (Fsp3) is 0.389. The van der Waals surface area contributed by atoms with Crippen molar-refractivity contribution in [1.82, 2.24) is 14.9 Å². The lowest BCUT2D eigenvalue weighted by atomic mass is 9.96. The van der Waals surface area contributed by atoms with E-state index in [-0.39, 0.29) is 5.91 Å². The van der Waals surface area contributed by atoms with Crippen molar-refractivity contribution < 1.29 is 4.79 Å². The number of carbonyl (C=O) groups is 1. The first-order valence-corrected chi connectivity index (χ1v) is 7.95. The van der Waals surface area contributed by atoms with Crippen molar-refractivity contribution in [2.24, 2.45) is 0 Å². The topological polar surface area (TPSA) is 72.1 Å². The van der Waals surface area contributed by atoms with Crippen LogP contribution in [-0.2, 0) is 16.8 Å². The highest BCUT2D eigenvalue weighted by Crippen LogP contribution is 2.37. The Bertz CT molecular complexity index is 696. The molecule has 1 atom stereocenters. The molecule has 2 aromatic rings. The van der Waals surface area contributed by atoms with Crippen LogP contribution in [0.25, 0.3) is 0 Å². The molecule has 3 rings (SSSR count). The maximum Gasteiger partial charge on any atom is 0.227 e. The van der Waals surface area contributed by atoms with Gasteiger partial charge in [0.25, 0.3) is 0 Å². The molecule has 1 aromatic carbocycles. The summed E-state index contributed by atoms with van der Waals surface area (Å²) in [6.45, 7) is 4.67. The van der Waals surface area contributed by atoms with Crippen LogP contribution in [0.3, 0.4) is 0 Å². The summed E-state index contributed by atoms with van der Waals surface area (Å²) in [6, 6.07) is 11.6. The van der Waals surface area contributed by atoms with Gasteiger partial charge in [-0.1, -0.05) is 30.3 Å². The molecule has 120 valence electrons. The predicted octanol–water partition coefficient (Wildman–Crippen LogP) is 2.45. The Kier molecular flexibility index (Phi) is 4.03. The van der Waals surface area contributed by atoms with Gasteiger partial charge in [0.2, 0.25) is 5.91 Å². The molecule has 1 aliphatic rings. The van der Waals surface area contributed by atoms with Gasteiger partial charge in [0.1, 0.15) is 5.82 Å². The molecule has 1 amide bonds. The first-order valence-electron chi connectivity index (χ1n) is 7.95. The number of likely N-dealkylation sites (tertiary alicyclic amines) is 1. The standard InChI is InChI=1S/C18H22N4O/c1-13-11-15(19)21-17(20-13)18(2)9-6-10-22(18)16(23)12-14-7-4-3-5-8-14/h3-5,7-8,11H,6,9-10,12H2,1-2H3,(H2,19,20,21)/t18-/m0/s1. The van der Waals surface area contributed by atoms with Crippen LogP contribution in [0.1, 0.15) is 36.8 Å². The smallest absolute Gasteiger partial charge is 0.227 e. The van der Waals surface area contributed by atoms with Crippen molar-refractivity contribution in [3.63, 3.8) is 0 Å². The zero-order valence-corrected chi connectivity index (χ0v) is 13.6. The minimum atomic E-state index is -0.480. The number of nitrogens with zero attached hydrogens (tertiary/aromatic N) is 3. The van der Waals surface area contributed by atoms with Gasteiger partial charge in [-0.25, -0.2) is 9.97 Å². The summed E-state index contributed by atoms with van der Waals surface area (Å²) in [5.41, 5.74) is 7.25. The summed E-state index contributed by atoms with van der Waals surface area (Å²) in [6.07, 6.45) is 2.21. The van der Waals surface area contributed by atoms with E-state index in [0.717, 1.165) is 30.6 Å². The zero-order chi connectivity index (χ0) is 16.4. The molecule has 23 heavy (non-hydrogen) atoms. The monoisotopic (exact) mass is 310 g/mol. The molecule has 1 fully saturated rings. The number of rotatable bonds is 3. The van der Waals surface area contributed by atoms with Gasteiger partial charge in [0, 0.05) is 18.3 Å². The third-order valence-corrected chi connectivity index (χ3v) is 4.50. The second-order valence-corrected chi connectivity index (χ2v) is 6.34. The number of nitrogens with two attached hydrogens (primary N) is 1. The van der Waals surface area contributed by atoms with E-state index < -0.39 is 5.54 Å². The summed E-state index contributed by atoms with van der Waals surface area (Å²) >= 11 is 0. The lowest BCUT2D eigenvalue weighted by Gasteiger charge is -2.34. The normalized spacial score (nSPS) is 20.7. The number of aromatic nitrogens is 2. The molecular formula is C18H22N4O. The number of amides is 1. The zero-order valence-electron chi connectivity index (χ0n) is 13.6. The number of anilines is 1. The van der Waals surface area contributed by atoms with Gasteiger partial charge < -0.3 is 10.6 Å². The Balaban J connectivity index is 1.88. The van der Waals surface area contributed by atoms with Crippen LogP contribution < -0.4 is 5.73 Å². The molecule has 1 saturated heterocycles. The average Bonchev–Trinajstić information content (AvgIpc) is 2.91. The third kappa shape index (κ3) is 3.04. The second-order valence-electron chi connectivity index (χ2n) is 6.34. The molecule has 0 unspecified atom stereocenters. The van der Waals surface area contributed by atoms with Crippen LogP contribution in [0.15, 0.2) is 36.4 Å². The molecule has 5 heteroatoms. The van der Waals surface area contributed by atoms with Crippen LogP contribution in [-0.4, -0.2) is 27.3 Å². The molecule has 0 saturated carbocycles. The molecule has 1 aromatic heterocycles. The number of hydrogen-bond donors (Lipinski definition) is 1. The summed E-state index contributed by atoms with van der Waals surface area (Å²) < 4.78 is 0. The molecule has 2 N–H and O–H groups in total. The molecule has 0 aliphatic carbocycles. The molecule has 0 spiro atoms. The lowest BCUT2D eigenvalue weighted by molar-refractivity contribution is -0.134. The van der Waals surface area contributed by atoms with E-state index in [9.17, 15) is 4.79 Å². The first-order chi connectivity index (χ1) is 11.0. The van der Waals surface area contributed by atoms with Gasteiger partial charge in [-0.05, 0) is 32.3 Å². The van der Waals surface area contributed by atoms with E-state index >= 15 is 0 Å². The van der Waals surface area contributed by atoms with Gasteiger partial charge >= 0.3 is 0 Å². The highest BCUT2D eigenvalue weighted by Gasteiger charge is 2.43. The maximum absolute atomic E-state index is 12.8. The van der Waals surface area contributed by atoms with Crippen molar-refractivity contribution in [2.75, 3.05) is 12.3 Å². The molecule has 0 bridgehead atoms. The maximum atomic E-state index is 12.8. The fourth-order valence-corrected chi connectivity index (χ4v) is 3.30. The second kappa shape index (κ2) is 5.99. The van der Waals surface area contributed by atoms with Gasteiger partial charge in [0.15, 0.2) is 5.82 Å². The van der Waals surface area contributed by atoms with E-state index in [1.807, 2.05) is 49.1 Å². The van der Waals surface area contributed by atoms with Gasteiger partial charge in [-0.15, -0.1) is 0 Å². The van der Waals surface area contributed by atoms with Gasteiger partial charge in [-0.3, -0.25) is 4.79 Å². The van der Waals surface area contributed by atoms with E-state index in [4.69, 9.17) is 5.73 Å². The number of nitrogen functional groups attached to an aromatic ring is 1. The largest absolute Gasteiger partial charge is 0.384 e. The van der Waals surface area contributed by atoms with Gasteiger partial charge in [-0.2, -0.15) is 0 Å². The number of benzene rings is 1. The van der Waals surface area contributed by atoms with Crippen LogP contribution >= 0.6 is 0 Å². The van der Waals surface area contributed by atoms with E-state index in [0.29, 0.717) is 18.1 Å². The number of carbonyl (C=O) groups excluding carboxylic acids is 1. The van der Waals surface area contributed by atoms with Crippen molar-refractivity contribution in [1.29, 1.82) is 0 Å². The predicted molar refractivity (Wildman–Crippen MR) is 89.6 cm³/mol. The number of hydrogen-bond acceptors (Lipinski definition) is 4. The summed E-state index contributed by atoms with van der Waals surface area (Å²) in [5.74, 6) is 1.21.